The first-order chi connectivity index (χ1) is 12.5. The zero-order valence-corrected chi connectivity index (χ0v) is 15.7. The Morgan fingerprint density at radius 1 is 1.19 bits per heavy atom. The number of hydrogen-bond donors (Lipinski definition) is 1. The summed E-state index contributed by atoms with van der Waals surface area (Å²) < 4.78 is 5.82. The van der Waals surface area contributed by atoms with E-state index >= 15 is 0 Å². The summed E-state index contributed by atoms with van der Waals surface area (Å²) in [5.41, 5.74) is 0.696. The SMILES string of the molecule is CC1(CCOc2ccccc2)CCN(C(=O)c2ccc(O)c(Cl)c2)CC1. The maximum absolute atomic E-state index is 12.6. The van der Waals surface area contributed by atoms with Crippen molar-refractivity contribution < 1.29 is 14.6 Å². The Morgan fingerprint density at radius 2 is 1.88 bits per heavy atom. The van der Waals surface area contributed by atoms with E-state index in [0.29, 0.717) is 12.2 Å². The molecule has 1 aliphatic heterocycles. The second kappa shape index (κ2) is 8.00. The monoisotopic (exact) mass is 373 g/mol. The van der Waals surface area contributed by atoms with Crippen LogP contribution in [0, 0.1) is 5.41 Å². The number of carbonyl (C=O) groups is 1. The topological polar surface area (TPSA) is 49.8 Å². The Balaban J connectivity index is 1.51. The lowest BCUT2D eigenvalue weighted by atomic mass is 9.78. The van der Waals surface area contributed by atoms with Gasteiger partial charge in [-0.1, -0.05) is 36.7 Å². The van der Waals surface area contributed by atoms with Crippen molar-refractivity contribution in [2.45, 2.75) is 26.2 Å². The Hall–Kier alpha value is -2.20. The number of phenolic OH excluding ortho intramolecular Hbond substituents is 1. The standard InChI is InChI=1S/C21H24ClNO3/c1-21(11-14-26-17-5-3-2-4-6-17)9-12-23(13-10-21)20(25)16-7-8-19(24)18(22)15-16/h2-8,15,24H,9-14H2,1H3. The molecule has 26 heavy (non-hydrogen) atoms. The van der Waals surface area contributed by atoms with Crippen LogP contribution in [0.1, 0.15) is 36.5 Å². The second-order valence-electron chi connectivity index (χ2n) is 7.18. The van der Waals surface area contributed by atoms with E-state index in [2.05, 4.69) is 6.92 Å². The molecule has 1 N–H and O–H groups in total. The van der Waals surface area contributed by atoms with Gasteiger partial charge < -0.3 is 14.7 Å². The largest absolute Gasteiger partial charge is 0.506 e. The van der Waals surface area contributed by atoms with Crippen LogP contribution >= 0.6 is 11.6 Å². The number of halogens is 1. The zero-order chi connectivity index (χ0) is 18.6. The molecule has 0 unspecified atom stereocenters. The van der Waals surface area contributed by atoms with E-state index in [0.717, 1.165) is 38.1 Å². The Kier molecular flexibility index (Phi) is 5.72. The second-order valence-corrected chi connectivity index (χ2v) is 7.59. The number of piperidine rings is 1. The van der Waals surface area contributed by atoms with Gasteiger partial charge >= 0.3 is 0 Å². The van der Waals surface area contributed by atoms with E-state index in [1.165, 1.54) is 12.1 Å². The average molecular weight is 374 g/mol. The number of likely N-dealkylation sites (tertiary alicyclic amines) is 1. The normalized spacial score (nSPS) is 16.3. The highest BCUT2D eigenvalue weighted by atomic mass is 35.5. The molecule has 1 heterocycles. The smallest absolute Gasteiger partial charge is 0.253 e. The Labute approximate surface area is 159 Å². The van der Waals surface area contributed by atoms with Gasteiger partial charge in [0.2, 0.25) is 0 Å². The van der Waals surface area contributed by atoms with E-state index in [-0.39, 0.29) is 22.1 Å². The van der Waals surface area contributed by atoms with Crippen LogP contribution in [-0.2, 0) is 0 Å². The molecule has 138 valence electrons. The molecule has 5 heteroatoms. The fraction of sp³-hybridized carbons (Fsp3) is 0.381. The van der Waals surface area contributed by atoms with Crippen molar-refractivity contribution in [1.29, 1.82) is 0 Å². The number of benzene rings is 2. The van der Waals surface area contributed by atoms with Gasteiger partial charge in [0.25, 0.3) is 5.91 Å². The number of ether oxygens (including phenoxy) is 1. The number of para-hydroxylation sites is 1. The molecule has 2 aromatic carbocycles. The fourth-order valence-corrected chi connectivity index (χ4v) is 3.43. The number of aromatic hydroxyl groups is 1. The minimum Gasteiger partial charge on any atom is -0.506 e. The van der Waals surface area contributed by atoms with Gasteiger partial charge in [0, 0.05) is 18.7 Å². The molecule has 1 saturated heterocycles. The molecule has 1 amide bonds. The molecule has 1 aliphatic rings. The van der Waals surface area contributed by atoms with Gasteiger partial charge in [-0.3, -0.25) is 4.79 Å². The molecular formula is C21H24ClNO3. The van der Waals surface area contributed by atoms with Crippen LogP contribution in [0.5, 0.6) is 11.5 Å². The molecule has 0 atom stereocenters. The number of rotatable bonds is 5. The zero-order valence-electron chi connectivity index (χ0n) is 15.0. The van der Waals surface area contributed by atoms with E-state index in [1.54, 1.807) is 6.07 Å². The average Bonchev–Trinajstić information content (AvgIpc) is 2.65. The fourth-order valence-electron chi connectivity index (χ4n) is 3.25. The first-order valence-electron chi connectivity index (χ1n) is 8.92. The van der Waals surface area contributed by atoms with E-state index in [9.17, 15) is 9.90 Å². The quantitative estimate of drug-likeness (QED) is 0.822. The van der Waals surface area contributed by atoms with Crippen LogP contribution in [0.2, 0.25) is 5.02 Å². The highest BCUT2D eigenvalue weighted by Crippen LogP contribution is 2.35. The lowest BCUT2D eigenvalue weighted by Crippen LogP contribution is -2.42. The summed E-state index contributed by atoms with van der Waals surface area (Å²) in [6, 6.07) is 14.4. The molecule has 0 saturated carbocycles. The molecular weight excluding hydrogens is 350 g/mol. The summed E-state index contributed by atoms with van der Waals surface area (Å²) in [6.07, 6.45) is 2.86. The van der Waals surface area contributed by atoms with Crippen LogP contribution in [0.25, 0.3) is 0 Å². The first kappa shape index (κ1) is 18.6. The highest BCUT2D eigenvalue weighted by molar-refractivity contribution is 6.32. The lowest BCUT2D eigenvalue weighted by molar-refractivity contribution is 0.0565. The molecule has 0 aliphatic carbocycles. The number of carbonyl (C=O) groups excluding carboxylic acids is 1. The van der Waals surface area contributed by atoms with Gasteiger partial charge in [0.15, 0.2) is 0 Å². The number of amides is 1. The van der Waals surface area contributed by atoms with Crippen molar-refractivity contribution in [1.82, 2.24) is 4.90 Å². The molecule has 0 spiro atoms. The van der Waals surface area contributed by atoms with Crippen molar-refractivity contribution in [3.8, 4) is 11.5 Å². The van der Waals surface area contributed by atoms with Gasteiger partial charge in [-0.15, -0.1) is 0 Å². The van der Waals surface area contributed by atoms with Crippen LogP contribution in [0.4, 0.5) is 0 Å². The van der Waals surface area contributed by atoms with Crippen LogP contribution < -0.4 is 4.74 Å². The summed E-state index contributed by atoms with van der Waals surface area (Å²) in [5.74, 6) is 0.857. The first-order valence-corrected chi connectivity index (χ1v) is 9.30. The third kappa shape index (κ3) is 4.50. The number of phenols is 1. The van der Waals surface area contributed by atoms with Gasteiger partial charge in [-0.25, -0.2) is 0 Å². The predicted molar refractivity (Wildman–Crippen MR) is 103 cm³/mol. The lowest BCUT2D eigenvalue weighted by Gasteiger charge is -2.39. The Morgan fingerprint density at radius 3 is 2.54 bits per heavy atom. The molecule has 0 aromatic heterocycles. The summed E-state index contributed by atoms with van der Waals surface area (Å²) >= 11 is 5.92. The predicted octanol–water partition coefficient (Wildman–Crippen LogP) is 4.76. The van der Waals surface area contributed by atoms with Crippen molar-refractivity contribution >= 4 is 17.5 Å². The van der Waals surface area contributed by atoms with E-state index < -0.39 is 0 Å². The summed E-state index contributed by atoms with van der Waals surface area (Å²) in [5, 5.41) is 9.70. The highest BCUT2D eigenvalue weighted by Gasteiger charge is 2.32. The van der Waals surface area contributed by atoms with Crippen molar-refractivity contribution in [3.05, 3.63) is 59.1 Å². The summed E-state index contributed by atoms with van der Waals surface area (Å²) in [4.78, 5) is 14.5. The van der Waals surface area contributed by atoms with Crippen molar-refractivity contribution in [2.24, 2.45) is 5.41 Å². The molecule has 3 rings (SSSR count). The Bertz CT molecular complexity index is 755. The third-order valence-electron chi connectivity index (χ3n) is 5.17. The minimum atomic E-state index is -0.0329. The summed E-state index contributed by atoms with van der Waals surface area (Å²) in [7, 11) is 0. The molecule has 0 bridgehead atoms. The number of hydrogen-bond acceptors (Lipinski definition) is 3. The maximum atomic E-state index is 12.6. The van der Waals surface area contributed by atoms with Gasteiger partial charge in [0.05, 0.1) is 11.6 Å². The maximum Gasteiger partial charge on any atom is 0.253 e. The summed E-state index contributed by atoms with van der Waals surface area (Å²) in [6.45, 7) is 4.39. The van der Waals surface area contributed by atoms with Gasteiger partial charge in [-0.2, -0.15) is 0 Å². The van der Waals surface area contributed by atoms with Crippen molar-refractivity contribution in [3.63, 3.8) is 0 Å². The van der Waals surface area contributed by atoms with E-state index in [1.807, 2.05) is 35.2 Å². The van der Waals surface area contributed by atoms with Crippen molar-refractivity contribution in [2.75, 3.05) is 19.7 Å². The molecule has 2 aromatic rings. The van der Waals surface area contributed by atoms with Gasteiger partial charge in [0.1, 0.15) is 11.5 Å². The third-order valence-corrected chi connectivity index (χ3v) is 5.47. The molecule has 4 nitrogen and oxygen atoms in total. The van der Waals surface area contributed by atoms with E-state index in [4.69, 9.17) is 16.3 Å². The van der Waals surface area contributed by atoms with Crippen LogP contribution in [0.15, 0.2) is 48.5 Å². The van der Waals surface area contributed by atoms with Crippen LogP contribution in [0.3, 0.4) is 0 Å². The molecule has 0 radical (unpaired) electrons. The number of nitrogens with zero attached hydrogens (tertiary/aromatic N) is 1. The molecule has 1 fully saturated rings. The van der Waals surface area contributed by atoms with Gasteiger partial charge in [-0.05, 0) is 55.0 Å². The van der Waals surface area contributed by atoms with Crippen LogP contribution in [-0.4, -0.2) is 35.6 Å². The minimum absolute atomic E-state index is 0.00662.